The van der Waals surface area contributed by atoms with Crippen molar-refractivity contribution in [3.05, 3.63) is 17.6 Å². The Morgan fingerprint density at radius 1 is 1.22 bits per heavy atom. The van der Waals surface area contributed by atoms with Gasteiger partial charge in [0.05, 0.1) is 0 Å². The van der Waals surface area contributed by atoms with Gasteiger partial charge in [0, 0.05) is 30.9 Å². The van der Waals surface area contributed by atoms with Crippen molar-refractivity contribution in [2.75, 3.05) is 31.1 Å². The van der Waals surface area contributed by atoms with Crippen molar-refractivity contribution in [3.63, 3.8) is 0 Å². The van der Waals surface area contributed by atoms with E-state index >= 15 is 0 Å². The van der Waals surface area contributed by atoms with Gasteiger partial charge in [-0.05, 0) is 39.2 Å². The number of aromatic nitrogens is 2. The van der Waals surface area contributed by atoms with Crippen molar-refractivity contribution < 1.29 is 0 Å². The van der Waals surface area contributed by atoms with E-state index in [0.29, 0.717) is 0 Å². The summed E-state index contributed by atoms with van der Waals surface area (Å²) in [6.45, 7) is 8.41. The fourth-order valence-electron chi connectivity index (χ4n) is 2.58. The van der Waals surface area contributed by atoms with Crippen LogP contribution in [-0.2, 0) is 12.8 Å². The second-order valence-corrected chi connectivity index (χ2v) is 4.76. The van der Waals surface area contributed by atoms with Crippen molar-refractivity contribution >= 4 is 5.82 Å². The number of hydrogen-bond donors (Lipinski definition) is 1. The lowest BCUT2D eigenvalue weighted by Gasteiger charge is -2.27. The summed E-state index contributed by atoms with van der Waals surface area (Å²) in [5, 5.41) is 3.38. The molecule has 18 heavy (non-hydrogen) atoms. The number of likely N-dealkylation sites (N-methyl/N-ethyl adjacent to an activating group) is 2. The molecule has 4 heteroatoms. The maximum atomic E-state index is 4.53. The largest absolute Gasteiger partial charge is 0.355 e. The number of hydrogen-bond acceptors (Lipinski definition) is 4. The van der Waals surface area contributed by atoms with E-state index < -0.39 is 0 Å². The lowest BCUT2D eigenvalue weighted by atomic mass is 9.96. The molecular weight excluding hydrogens is 224 g/mol. The number of nitrogens with zero attached hydrogens (tertiary/aromatic N) is 3. The van der Waals surface area contributed by atoms with Crippen molar-refractivity contribution in [2.45, 2.75) is 39.5 Å². The van der Waals surface area contributed by atoms with Gasteiger partial charge in [0.1, 0.15) is 12.1 Å². The fourth-order valence-corrected chi connectivity index (χ4v) is 2.58. The highest BCUT2D eigenvalue weighted by molar-refractivity contribution is 5.49. The zero-order chi connectivity index (χ0) is 12.8. The van der Waals surface area contributed by atoms with Crippen LogP contribution in [0.3, 0.4) is 0 Å². The van der Waals surface area contributed by atoms with Crippen LogP contribution in [0.2, 0.25) is 0 Å². The summed E-state index contributed by atoms with van der Waals surface area (Å²) in [6.07, 6.45) is 6.54. The number of rotatable bonds is 6. The van der Waals surface area contributed by atoms with Gasteiger partial charge in [0.2, 0.25) is 0 Å². The van der Waals surface area contributed by atoms with Gasteiger partial charge in [0.15, 0.2) is 0 Å². The maximum absolute atomic E-state index is 4.53. The third-order valence-corrected chi connectivity index (χ3v) is 3.59. The molecule has 1 aliphatic carbocycles. The van der Waals surface area contributed by atoms with E-state index in [1.807, 2.05) is 0 Å². The molecule has 1 heterocycles. The molecule has 0 bridgehead atoms. The molecule has 2 rings (SSSR count). The van der Waals surface area contributed by atoms with E-state index in [1.165, 1.54) is 29.9 Å². The topological polar surface area (TPSA) is 41.0 Å². The maximum Gasteiger partial charge on any atom is 0.135 e. The minimum Gasteiger partial charge on any atom is -0.355 e. The van der Waals surface area contributed by atoms with Crippen LogP contribution in [-0.4, -0.2) is 36.1 Å². The first-order chi connectivity index (χ1) is 8.86. The zero-order valence-electron chi connectivity index (χ0n) is 11.6. The van der Waals surface area contributed by atoms with E-state index in [9.17, 15) is 0 Å². The van der Waals surface area contributed by atoms with Crippen LogP contribution in [0.25, 0.3) is 0 Å². The van der Waals surface area contributed by atoms with E-state index in [2.05, 4.69) is 34.0 Å². The third-order valence-electron chi connectivity index (χ3n) is 3.59. The summed E-state index contributed by atoms with van der Waals surface area (Å²) in [7, 11) is 0. The second kappa shape index (κ2) is 6.69. The van der Waals surface area contributed by atoms with Crippen LogP contribution in [0.5, 0.6) is 0 Å². The zero-order valence-corrected chi connectivity index (χ0v) is 11.6. The van der Waals surface area contributed by atoms with Gasteiger partial charge < -0.3 is 10.2 Å². The van der Waals surface area contributed by atoms with Crippen LogP contribution in [0, 0.1) is 0 Å². The number of aryl methyl sites for hydroxylation is 1. The molecule has 0 atom stereocenters. The smallest absolute Gasteiger partial charge is 0.135 e. The Bertz CT molecular complexity index is 378. The monoisotopic (exact) mass is 248 g/mol. The van der Waals surface area contributed by atoms with Crippen molar-refractivity contribution in [3.8, 4) is 0 Å². The van der Waals surface area contributed by atoms with Gasteiger partial charge >= 0.3 is 0 Å². The predicted octanol–water partition coefficient (Wildman–Crippen LogP) is 1.79. The van der Waals surface area contributed by atoms with Gasteiger partial charge in [0.25, 0.3) is 0 Å². The fraction of sp³-hybridized carbons (Fsp3) is 0.714. The minimum absolute atomic E-state index is 1.01. The standard InChI is InChI=1S/C14H24N4/c1-3-15-9-10-18(4-2)14-12-7-5-6-8-13(12)16-11-17-14/h11,15H,3-10H2,1-2H3. The lowest BCUT2D eigenvalue weighted by molar-refractivity contribution is 0.644. The molecule has 100 valence electrons. The van der Waals surface area contributed by atoms with Crippen molar-refractivity contribution in [1.29, 1.82) is 0 Å². The molecule has 0 spiro atoms. The highest BCUT2D eigenvalue weighted by atomic mass is 15.2. The number of nitrogens with one attached hydrogen (secondary N) is 1. The summed E-state index contributed by atoms with van der Waals surface area (Å²) in [5.74, 6) is 1.17. The molecule has 0 radical (unpaired) electrons. The summed E-state index contributed by atoms with van der Waals surface area (Å²) in [4.78, 5) is 11.3. The van der Waals surface area contributed by atoms with Crippen LogP contribution >= 0.6 is 0 Å². The summed E-state index contributed by atoms with van der Waals surface area (Å²) >= 11 is 0. The summed E-state index contributed by atoms with van der Waals surface area (Å²) in [6, 6.07) is 0. The molecule has 1 aliphatic rings. The molecule has 4 nitrogen and oxygen atoms in total. The average Bonchev–Trinajstić information content (AvgIpc) is 2.43. The van der Waals surface area contributed by atoms with Gasteiger partial charge in [-0.2, -0.15) is 0 Å². The highest BCUT2D eigenvalue weighted by Crippen LogP contribution is 2.26. The van der Waals surface area contributed by atoms with E-state index in [4.69, 9.17) is 0 Å². The summed E-state index contributed by atoms with van der Waals surface area (Å²) < 4.78 is 0. The highest BCUT2D eigenvalue weighted by Gasteiger charge is 2.18. The predicted molar refractivity (Wildman–Crippen MR) is 75.1 cm³/mol. The van der Waals surface area contributed by atoms with Crippen LogP contribution < -0.4 is 10.2 Å². The van der Waals surface area contributed by atoms with Gasteiger partial charge in [-0.25, -0.2) is 9.97 Å². The molecular formula is C14H24N4. The third kappa shape index (κ3) is 2.99. The van der Waals surface area contributed by atoms with Crippen LogP contribution in [0.4, 0.5) is 5.82 Å². The molecule has 1 N–H and O–H groups in total. The van der Waals surface area contributed by atoms with Crippen LogP contribution in [0.15, 0.2) is 6.33 Å². The molecule has 1 aromatic rings. The van der Waals surface area contributed by atoms with Crippen molar-refractivity contribution in [1.82, 2.24) is 15.3 Å². The molecule has 0 saturated heterocycles. The Morgan fingerprint density at radius 3 is 2.83 bits per heavy atom. The number of fused-ring (bicyclic) bond motifs is 1. The van der Waals surface area contributed by atoms with Crippen molar-refractivity contribution in [2.24, 2.45) is 0 Å². The SMILES string of the molecule is CCNCCN(CC)c1ncnc2c1CCCC2. The second-order valence-electron chi connectivity index (χ2n) is 4.76. The molecule has 0 aromatic carbocycles. The Labute approximate surface area is 110 Å². The van der Waals surface area contributed by atoms with Crippen LogP contribution in [0.1, 0.15) is 37.9 Å². The van der Waals surface area contributed by atoms with E-state index in [-0.39, 0.29) is 0 Å². The lowest BCUT2D eigenvalue weighted by Crippen LogP contribution is -2.33. The molecule has 1 aromatic heterocycles. The number of anilines is 1. The first kappa shape index (κ1) is 13.3. The van der Waals surface area contributed by atoms with E-state index in [1.54, 1.807) is 6.33 Å². The Kier molecular flexibility index (Phi) is 4.93. The first-order valence-corrected chi connectivity index (χ1v) is 7.15. The molecule has 0 unspecified atom stereocenters. The average molecular weight is 248 g/mol. The van der Waals surface area contributed by atoms with E-state index in [0.717, 1.165) is 39.0 Å². The molecule has 0 saturated carbocycles. The molecule has 0 amide bonds. The van der Waals surface area contributed by atoms with Gasteiger partial charge in [-0.3, -0.25) is 0 Å². The first-order valence-electron chi connectivity index (χ1n) is 7.15. The molecule has 0 aliphatic heterocycles. The Balaban J connectivity index is 2.14. The Morgan fingerprint density at radius 2 is 2.06 bits per heavy atom. The minimum atomic E-state index is 1.01. The molecule has 0 fully saturated rings. The summed E-state index contributed by atoms with van der Waals surface area (Å²) in [5.41, 5.74) is 2.66. The van der Waals surface area contributed by atoms with Gasteiger partial charge in [-0.1, -0.05) is 6.92 Å². The Hall–Kier alpha value is -1.16. The quantitative estimate of drug-likeness (QED) is 0.779. The van der Waals surface area contributed by atoms with Gasteiger partial charge in [-0.15, -0.1) is 0 Å². The normalized spacial score (nSPS) is 14.3.